The molecule has 1 aromatic heterocycles. The highest BCUT2D eigenvalue weighted by Crippen LogP contribution is 2.27. The van der Waals surface area contributed by atoms with Crippen LogP contribution >= 0.6 is 11.6 Å². The van der Waals surface area contributed by atoms with Gasteiger partial charge in [0.05, 0.1) is 12.1 Å². The number of aromatic amines is 1. The minimum absolute atomic E-state index is 0.0325. The molecule has 0 spiro atoms. The number of carbonyl (C=O) groups excluding carboxylic acids is 1. The van der Waals surface area contributed by atoms with E-state index in [1.807, 2.05) is 0 Å². The average molecular weight is 285 g/mol. The first kappa shape index (κ1) is 13.8. The summed E-state index contributed by atoms with van der Waals surface area (Å²) in [5.41, 5.74) is 6.17. The molecule has 0 saturated heterocycles. The topological polar surface area (TPSA) is 68.1 Å². The third kappa shape index (κ3) is 2.57. The fraction of sp³-hybridized carbons (Fsp3) is 0.308. The van der Waals surface area contributed by atoms with Crippen LogP contribution in [0.4, 0.5) is 4.39 Å². The number of nitrogens with two attached hydrogens (primary N) is 1. The summed E-state index contributed by atoms with van der Waals surface area (Å²) in [7, 11) is 1.29. The van der Waals surface area contributed by atoms with Gasteiger partial charge in [0.1, 0.15) is 11.4 Å². The molecule has 4 nitrogen and oxygen atoms in total. The third-order valence-corrected chi connectivity index (χ3v) is 3.31. The van der Waals surface area contributed by atoms with Crippen LogP contribution < -0.4 is 5.73 Å². The number of carbonyl (C=O) groups is 1. The van der Waals surface area contributed by atoms with Gasteiger partial charge >= 0.3 is 5.97 Å². The predicted octanol–water partition coefficient (Wildman–Crippen LogP) is 2.39. The molecule has 0 fully saturated rings. The molecule has 6 heteroatoms. The molecule has 3 N–H and O–H groups in total. The number of halogens is 2. The van der Waals surface area contributed by atoms with Gasteiger partial charge in [-0.3, -0.25) is 4.79 Å². The molecule has 2 rings (SSSR count). The summed E-state index contributed by atoms with van der Waals surface area (Å²) in [6.45, 7) is 1.59. The molecule has 0 aliphatic heterocycles. The van der Waals surface area contributed by atoms with Gasteiger partial charge in [0.25, 0.3) is 0 Å². The van der Waals surface area contributed by atoms with E-state index in [-0.39, 0.29) is 11.4 Å². The second kappa shape index (κ2) is 4.83. The van der Waals surface area contributed by atoms with E-state index in [4.69, 9.17) is 17.3 Å². The van der Waals surface area contributed by atoms with E-state index in [0.717, 1.165) is 10.9 Å². The van der Waals surface area contributed by atoms with Gasteiger partial charge in [0.15, 0.2) is 0 Å². The molecular weight excluding hydrogens is 271 g/mol. The molecule has 0 bridgehead atoms. The first-order valence-corrected chi connectivity index (χ1v) is 6.05. The maximum atomic E-state index is 13.3. The minimum atomic E-state index is -1.15. The third-order valence-electron chi connectivity index (χ3n) is 3.02. The number of ether oxygens (including phenoxy) is 1. The van der Waals surface area contributed by atoms with Crippen LogP contribution in [-0.4, -0.2) is 23.6 Å². The largest absolute Gasteiger partial charge is 0.468 e. The maximum Gasteiger partial charge on any atom is 0.325 e. The molecule has 1 heterocycles. The van der Waals surface area contributed by atoms with Crippen molar-refractivity contribution in [1.82, 2.24) is 4.98 Å². The SMILES string of the molecule is COC(=O)[C@@](C)(N)Cc1c[nH]c2cc(F)c(Cl)cc12. The summed E-state index contributed by atoms with van der Waals surface area (Å²) in [6, 6.07) is 2.83. The van der Waals surface area contributed by atoms with Crippen LogP contribution in [0.25, 0.3) is 10.9 Å². The highest BCUT2D eigenvalue weighted by Gasteiger charge is 2.30. The second-order valence-electron chi connectivity index (χ2n) is 4.71. The number of hydrogen-bond acceptors (Lipinski definition) is 3. The molecular formula is C13H14ClFN2O2. The highest BCUT2D eigenvalue weighted by molar-refractivity contribution is 6.31. The number of H-pyrrole nitrogens is 1. The van der Waals surface area contributed by atoms with E-state index < -0.39 is 17.3 Å². The molecule has 0 aliphatic carbocycles. The van der Waals surface area contributed by atoms with E-state index >= 15 is 0 Å². The fourth-order valence-corrected chi connectivity index (χ4v) is 2.19. The van der Waals surface area contributed by atoms with Crippen LogP contribution in [-0.2, 0) is 16.0 Å². The van der Waals surface area contributed by atoms with Crippen molar-refractivity contribution < 1.29 is 13.9 Å². The number of rotatable bonds is 3. The van der Waals surface area contributed by atoms with Crippen LogP contribution in [0.2, 0.25) is 5.02 Å². The number of methoxy groups -OCH3 is 1. The maximum absolute atomic E-state index is 13.3. The van der Waals surface area contributed by atoms with E-state index in [1.54, 1.807) is 13.1 Å². The van der Waals surface area contributed by atoms with Crippen molar-refractivity contribution in [2.45, 2.75) is 18.9 Å². The Morgan fingerprint density at radius 2 is 2.26 bits per heavy atom. The van der Waals surface area contributed by atoms with Gasteiger partial charge in [-0.1, -0.05) is 11.6 Å². The van der Waals surface area contributed by atoms with Crippen molar-refractivity contribution >= 4 is 28.5 Å². The van der Waals surface area contributed by atoms with Crippen molar-refractivity contribution in [1.29, 1.82) is 0 Å². The zero-order valence-electron chi connectivity index (χ0n) is 10.6. The Bertz CT molecular complexity index is 637. The summed E-state index contributed by atoms with van der Waals surface area (Å²) >= 11 is 5.77. The minimum Gasteiger partial charge on any atom is -0.468 e. The van der Waals surface area contributed by atoms with E-state index in [2.05, 4.69) is 9.72 Å². The number of benzene rings is 1. The quantitative estimate of drug-likeness (QED) is 0.851. The lowest BCUT2D eigenvalue weighted by Crippen LogP contribution is -2.47. The molecule has 102 valence electrons. The van der Waals surface area contributed by atoms with Gasteiger partial charge in [-0.05, 0) is 24.6 Å². The van der Waals surface area contributed by atoms with Crippen molar-refractivity contribution in [2.75, 3.05) is 7.11 Å². The van der Waals surface area contributed by atoms with Gasteiger partial charge in [-0.2, -0.15) is 0 Å². The summed E-state index contributed by atoms with van der Waals surface area (Å²) < 4.78 is 18.0. The molecule has 0 radical (unpaired) electrons. The van der Waals surface area contributed by atoms with Crippen LogP contribution in [0.3, 0.4) is 0 Å². The Morgan fingerprint density at radius 3 is 2.89 bits per heavy atom. The summed E-state index contributed by atoms with van der Waals surface area (Å²) in [5, 5.41) is 0.775. The van der Waals surface area contributed by atoms with Crippen LogP contribution in [0.1, 0.15) is 12.5 Å². The molecule has 0 aliphatic rings. The molecule has 2 aromatic rings. The lowest BCUT2D eigenvalue weighted by molar-refractivity contribution is -0.146. The number of nitrogens with one attached hydrogen (secondary N) is 1. The van der Waals surface area contributed by atoms with Gasteiger partial charge in [0.2, 0.25) is 0 Å². The van der Waals surface area contributed by atoms with Gasteiger partial charge in [-0.25, -0.2) is 4.39 Å². The van der Waals surface area contributed by atoms with Gasteiger partial charge in [0, 0.05) is 23.5 Å². The van der Waals surface area contributed by atoms with Crippen molar-refractivity contribution in [3.63, 3.8) is 0 Å². The molecule has 0 amide bonds. The first-order valence-electron chi connectivity index (χ1n) is 5.67. The zero-order valence-corrected chi connectivity index (χ0v) is 11.3. The summed E-state index contributed by atoms with van der Waals surface area (Å²) in [6.07, 6.45) is 1.95. The Labute approximate surface area is 114 Å². The van der Waals surface area contributed by atoms with Crippen LogP contribution in [0, 0.1) is 5.82 Å². The predicted molar refractivity (Wildman–Crippen MR) is 71.6 cm³/mol. The van der Waals surface area contributed by atoms with Crippen molar-refractivity contribution in [3.05, 3.63) is 34.7 Å². The molecule has 1 aromatic carbocycles. The smallest absolute Gasteiger partial charge is 0.325 e. The lowest BCUT2D eigenvalue weighted by Gasteiger charge is -2.20. The normalized spacial score (nSPS) is 14.4. The average Bonchev–Trinajstić information content (AvgIpc) is 2.71. The Balaban J connectivity index is 2.42. The van der Waals surface area contributed by atoms with E-state index in [1.165, 1.54) is 19.2 Å². The summed E-state index contributed by atoms with van der Waals surface area (Å²) in [5.74, 6) is -0.999. The monoisotopic (exact) mass is 284 g/mol. The fourth-order valence-electron chi connectivity index (χ4n) is 2.02. The van der Waals surface area contributed by atoms with E-state index in [0.29, 0.717) is 5.52 Å². The number of fused-ring (bicyclic) bond motifs is 1. The summed E-state index contributed by atoms with van der Waals surface area (Å²) in [4.78, 5) is 14.5. The highest BCUT2D eigenvalue weighted by atomic mass is 35.5. The Hall–Kier alpha value is -1.59. The zero-order chi connectivity index (χ0) is 14.2. The standard InChI is InChI=1S/C13H14ClFN2O2/c1-13(16,12(18)19-2)5-7-6-17-11-4-10(15)9(14)3-8(7)11/h3-4,6,17H,5,16H2,1-2H3/t13-/m0/s1. The number of hydrogen-bond donors (Lipinski definition) is 2. The first-order chi connectivity index (χ1) is 8.85. The van der Waals surface area contributed by atoms with Gasteiger partial charge < -0.3 is 15.5 Å². The molecule has 19 heavy (non-hydrogen) atoms. The second-order valence-corrected chi connectivity index (χ2v) is 5.12. The Morgan fingerprint density at radius 1 is 1.58 bits per heavy atom. The van der Waals surface area contributed by atoms with Crippen LogP contribution in [0.5, 0.6) is 0 Å². The van der Waals surface area contributed by atoms with Crippen molar-refractivity contribution in [2.24, 2.45) is 5.73 Å². The van der Waals surface area contributed by atoms with Gasteiger partial charge in [-0.15, -0.1) is 0 Å². The lowest BCUT2D eigenvalue weighted by atomic mass is 9.94. The van der Waals surface area contributed by atoms with E-state index in [9.17, 15) is 9.18 Å². The van der Waals surface area contributed by atoms with Crippen LogP contribution in [0.15, 0.2) is 18.3 Å². The molecule has 0 saturated carbocycles. The molecule has 0 unspecified atom stereocenters. The number of esters is 1. The Kier molecular flexibility index (Phi) is 3.52. The number of aromatic nitrogens is 1. The molecule has 1 atom stereocenters. The van der Waals surface area contributed by atoms with Crippen molar-refractivity contribution in [3.8, 4) is 0 Å².